The molecule has 0 spiro atoms. The molecule has 1 fully saturated rings. The Labute approximate surface area is 205 Å². The van der Waals surface area contributed by atoms with Gasteiger partial charge in [-0.15, -0.1) is 0 Å². The Kier molecular flexibility index (Phi) is 6.12. The Morgan fingerprint density at radius 2 is 2.09 bits per heavy atom. The fourth-order valence-electron chi connectivity index (χ4n) is 4.61. The van der Waals surface area contributed by atoms with E-state index in [-0.39, 0.29) is 29.5 Å². The molecule has 4 heterocycles. The molecule has 4 N–H and O–H groups in total. The molecule has 2 amide bonds. The number of rotatable bonds is 6. The van der Waals surface area contributed by atoms with Gasteiger partial charge >= 0.3 is 0 Å². The van der Waals surface area contributed by atoms with Gasteiger partial charge in [-0.25, -0.2) is 4.98 Å². The Bertz CT molecular complexity index is 1400. The highest BCUT2D eigenvalue weighted by molar-refractivity contribution is 6.33. The van der Waals surface area contributed by atoms with E-state index in [1.165, 1.54) is 13.3 Å². The highest BCUT2D eigenvalue weighted by Gasteiger charge is 2.35. The fraction of sp³-hybridized carbons (Fsp3) is 0.292. The van der Waals surface area contributed by atoms with Gasteiger partial charge in [0.2, 0.25) is 11.8 Å². The van der Waals surface area contributed by atoms with Crippen LogP contribution < -0.4 is 10.5 Å². The van der Waals surface area contributed by atoms with Crippen LogP contribution in [0.25, 0.3) is 22.2 Å². The molecule has 1 aliphatic heterocycles. The molecule has 10 nitrogen and oxygen atoms in total. The second-order valence-electron chi connectivity index (χ2n) is 8.65. The number of aromatic amines is 2. The zero-order valence-electron chi connectivity index (χ0n) is 19.0. The number of piperidine rings is 1. The first kappa shape index (κ1) is 22.9. The Balaban J connectivity index is 1.41. The van der Waals surface area contributed by atoms with Gasteiger partial charge in [0.05, 0.1) is 35.7 Å². The number of amides is 2. The predicted molar refractivity (Wildman–Crippen MR) is 130 cm³/mol. The lowest BCUT2D eigenvalue weighted by Crippen LogP contribution is -2.49. The molecule has 0 bridgehead atoms. The first-order valence-corrected chi connectivity index (χ1v) is 11.6. The normalized spacial score (nSPS) is 18.1. The lowest BCUT2D eigenvalue weighted by Gasteiger charge is -2.38. The first-order valence-electron chi connectivity index (χ1n) is 11.2. The third-order valence-corrected chi connectivity index (χ3v) is 6.78. The third-order valence-electron chi connectivity index (χ3n) is 6.48. The maximum Gasteiger partial charge on any atom is 0.274 e. The van der Waals surface area contributed by atoms with Crippen LogP contribution in [0, 0.1) is 5.92 Å². The number of benzene rings is 1. The van der Waals surface area contributed by atoms with E-state index in [9.17, 15) is 9.59 Å². The molecule has 1 saturated heterocycles. The van der Waals surface area contributed by atoms with Gasteiger partial charge in [-0.2, -0.15) is 10.2 Å². The van der Waals surface area contributed by atoms with Gasteiger partial charge in [0.25, 0.3) is 5.91 Å². The van der Waals surface area contributed by atoms with E-state index < -0.39 is 0 Å². The molecule has 2 unspecified atom stereocenters. The number of nitrogens with two attached hydrogens (primary N) is 1. The van der Waals surface area contributed by atoms with Crippen LogP contribution in [0.15, 0.2) is 42.7 Å². The summed E-state index contributed by atoms with van der Waals surface area (Å²) in [5.41, 5.74) is 9.04. The minimum absolute atomic E-state index is 0.209. The van der Waals surface area contributed by atoms with Gasteiger partial charge < -0.3 is 15.4 Å². The maximum absolute atomic E-state index is 13.5. The van der Waals surface area contributed by atoms with Crippen molar-refractivity contribution in [2.75, 3.05) is 13.7 Å². The predicted octanol–water partition coefficient (Wildman–Crippen LogP) is 2.96. The third kappa shape index (κ3) is 4.57. The number of primary amides is 1. The van der Waals surface area contributed by atoms with Gasteiger partial charge in [-0.05, 0) is 37.0 Å². The Morgan fingerprint density at radius 1 is 1.23 bits per heavy atom. The number of aromatic nitrogens is 5. The summed E-state index contributed by atoms with van der Waals surface area (Å²) in [6.07, 6.45) is 4.83. The van der Waals surface area contributed by atoms with Crippen LogP contribution in [0.3, 0.4) is 0 Å². The van der Waals surface area contributed by atoms with Crippen molar-refractivity contribution in [2.24, 2.45) is 11.7 Å². The standard InChI is InChI=1S/C24H24ClN7O3/c1-35-22-9-17(18(25)12-27-22)20-10-21(31-30-20)24(34)32-5-4-14(23(26)33)8-16(32)6-13-2-3-15-11-28-29-19(15)7-13/h2-3,7,9-12,14,16H,4-6,8H2,1H3,(H2,26,33)(H,28,29)(H,30,31). The number of halogens is 1. The topological polar surface area (TPSA) is 143 Å². The maximum atomic E-state index is 13.5. The molecule has 4 aromatic rings. The van der Waals surface area contributed by atoms with Crippen LogP contribution >= 0.6 is 11.6 Å². The number of carbonyl (C=O) groups is 2. The lowest BCUT2D eigenvalue weighted by atomic mass is 9.86. The van der Waals surface area contributed by atoms with Crippen LogP contribution in [-0.2, 0) is 11.2 Å². The molecule has 5 rings (SSSR count). The number of H-pyrrole nitrogens is 2. The van der Waals surface area contributed by atoms with E-state index in [2.05, 4.69) is 25.4 Å². The zero-order chi connectivity index (χ0) is 24.5. The van der Waals surface area contributed by atoms with Crippen molar-refractivity contribution in [2.45, 2.75) is 25.3 Å². The van der Waals surface area contributed by atoms with E-state index in [4.69, 9.17) is 22.1 Å². The minimum Gasteiger partial charge on any atom is -0.481 e. The van der Waals surface area contributed by atoms with E-state index in [0.29, 0.717) is 48.0 Å². The molecule has 2 atom stereocenters. The molecule has 35 heavy (non-hydrogen) atoms. The van der Waals surface area contributed by atoms with Crippen molar-refractivity contribution in [3.8, 4) is 17.1 Å². The second-order valence-corrected chi connectivity index (χ2v) is 9.05. The SMILES string of the molecule is COc1cc(-c2cc(C(=O)N3CCC(C(N)=O)CC3Cc3ccc4cn[nH]c4c3)n[nH]2)c(Cl)cn1. The summed E-state index contributed by atoms with van der Waals surface area (Å²) in [5.74, 6) is -0.442. The summed E-state index contributed by atoms with van der Waals surface area (Å²) < 4.78 is 5.18. The number of ether oxygens (including phenoxy) is 1. The first-order chi connectivity index (χ1) is 16.9. The number of hydrogen-bond acceptors (Lipinski definition) is 6. The number of hydrogen-bond donors (Lipinski definition) is 3. The van der Waals surface area contributed by atoms with Gasteiger partial charge in [0.15, 0.2) is 5.69 Å². The van der Waals surface area contributed by atoms with Gasteiger partial charge in [-0.1, -0.05) is 23.7 Å². The molecule has 0 radical (unpaired) electrons. The van der Waals surface area contributed by atoms with E-state index >= 15 is 0 Å². The van der Waals surface area contributed by atoms with Crippen molar-refractivity contribution in [3.63, 3.8) is 0 Å². The number of nitrogens with zero attached hydrogens (tertiary/aromatic N) is 4. The summed E-state index contributed by atoms with van der Waals surface area (Å²) in [6, 6.07) is 9.15. The van der Waals surface area contributed by atoms with Gasteiger partial charge in [0, 0.05) is 35.5 Å². The monoisotopic (exact) mass is 493 g/mol. The number of pyridine rings is 1. The number of nitrogens with one attached hydrogen (secondary N) is 2. The number of likely N-dealkylation sites (tertiary alicyclic amines) is 1. The largest absolute Gasteiger partial charge is 0.481 e. The fourth-order valence-corrected chi connectivity index (χ4v) is 4.81. The van der Waals surface area contributed by atoms with E-state index in [1.54, 1.807) is 23.2 Å². The molecule has 1 aliphatic rings. The number of fused-ring (bicyclic) bond motifs is 1. The number of carbonyl (C=O) groups excluding carboxylic acids is 2. The van der Waals surface area contributed by atoms with E-state index in [1.807, 2.05) is 18.2 Å². The van der Waals surface area contributed by atoms with E-state index in [0.717, 1.165) is 16.5 Å². The number of methoxy groups -OCH3 is 1. The quantitative estimate of drug-likeness (QED) is 0.377. The molecular formula is C24H24ClN7O3. The summed E-state index contributed by atoms with van der Waals surface area (Å²) >= 11 is 6.31. The average Bonchev–Trinajstić information content (AvgIpc) is 3.53. The highest BCUT2D eigenvalue weighted by Crippen LogP contribution is 2.31. The average molecular weight is 494 g/mol. The van der Waals surface area contributed by atoms with Crippen LogP contribution in [-0.4, -0.2) is 61.8 Å². The summed E-state index contributed by atoms with van der Waals surface area (Å²) in [4.78, 5) is 31.3. The van der Waals surface area contributed by atoms with Crippen molar-refractivity contribution in [1.29, 1.82) is 0 Å². The molecule has 11 heteroatoms. The van der Waals surface area contributed by atoms with Crippen LogP contribution in [0.5, 0.6) is 5.88 Å². The second kappa shape index (κ2) is 9.38. The molecule has 0 saturated carbocycles. The lowest BCUT2D eigenvalue weighted by molar-refractivity contribution is -0.123. The van der Waals surface area contributed by atoms with Crippen molar-refractivity contribution in [3.05, 3.63) is 59.0 Å². The van der Waals surface area contributed by atoms with Crippen molar-refractivity contribution >= 4 is 34.3 Å². The molecule has 0 aliphatic carbocycles. The van der Waals surface area contributed by atoms with Crippen LogP contribution in [0.1, 0.15) is 28.9 Å². The van der Waals surface area contributed by atoms with Crippen molar-refractivity contribution in [1.82, 2.24) is 30.3 Å². The molecule has 180 valence electrons. The van der Waals surface area contributed by atoms with Gasteiger partial charge in [0.1, 0.15) is 0 Å². The van der Waals surface area contributed by atoms with Crippen LogP contribution in [0.2, 0.25) is 5.02 Å². The Morgan fingerprint density at radius 3 is 2.89 bits per heavy atom. The summed E-state index contributed by atoms with van der Waals surface area (Å²) in [5, 5.41) is 15.6. The zero-order valence-corrected chi connectivity index (χ0v) is 19.7. The smallest absolute Gasteiger partial charge is 0.274 e. The molecule has 3 aromatic heterocycles. The molecular weight excluding hydrogens is 470 g/mol. The summed E-state index contributed by atoms with van der Waals surface area (Å²) in [6.45, 7) is 0.412. The van der Waals surface area contributed by atoms with Crippen LogP contribution in [0.4, 0.5) is 0 Å². The van der Waals surface area contributed by atoms with Crippen molar-refractivity contribution < 1.29 is 14.3 Å². The summed E-state index contributed by atoms with van der Waals surface area (Å²) in [7, 11) is 1.52. The highest BCUT2D eigenvalue weighted by atomic mass is 35.5. The Hall–Kier alpha value is -3.92. The minimum atomic E-state index is -0.338. The van der Waals surface area contributed by atoms with Gasteiger partial charge in [-0.3, -0.25) is 19.8 Å². The molecule has 1 aromatic carbocycles.